The van der Waals surface area contributed by atoms with Gasteiger partial charge in [0.15, 0.2) is 0 Å². The lowest BCUT2D eigenvalue weighted by Crippen LogP contribution is -1.78. The van der Waals surface area contributed by atoms with Crippen molar-refractivity contribution in [1.29, 1.82) is 0 Å². The summed E-state index contributed by atoms with van der Waals surface area (Å²) >= 11 is 0. The quantitative estimate of drug-likeness (QED) is 0.559. The number of hydrogen-bond acceptors (Lipinski definition) is 1. The summed E-state index contributed by atoms with van der Waals surface area (Å²) in [7, 11) is 0. The maximum atomic E-state index is 12.3. The van der Waals surface area contributed by atoms with E-state index < -0.39 is 5.82 Å². The van der Waals surface area contributed by atoms with Crippen molar-refractivity contribution in [2.45, 2.75) is 0 Å². The molecule has 0 aliphatic heterocycles. The van der Waals surface area contributed by atoms with Gasteiger partial charge in [0.1, 0.15) is 11.6 Å². The Kier molecular flexibility index (Phi) is 1.39. The van der Waals surface area contributed by atoms with Gasteiger partial charge in [-0.1, -0.05) is 0 Å². The zero-order chi connectivity index (χ0) is 6.85. The van der Waals surface area contributed by atoms with Crippen LogP contribution in [0.15, 0.2) is 18.2 Å². The first kappa shape index (κ1) is 6.08. The summed E-state index contributed by atoms with van der Waals surface area (Å²) in [6.45, 7) is 3.35. The van der Waals surface area contributed by atoms with E-state index in [0.29, 0.717) is 0 Å². The predicted molar refractivity (Wildman–Crippen MR) is 32.5 cm³/mol. The Morgan fingerprint density at radius 3 is 2.56 bits per heavy atom. The summed E-state index contributed by atoms with van der Waals surface area (Å²) in [6.07, 6.45) is 0. The number of phenols is 1. The van der Waals surface area contributed by atoms with E-state index in [0.717, 1.165) is 0 Å². The van der Waals surface area contributed by atoms with Crippen LogP contribution in [0.2, 0.25) is 0 Å². The number of hydrogen-bond donors (Lipinski definition) is 1. The van der Waals surface area contributed by atoms with E-state index in [4.69, 9.17) is 5.11 Å². The standard InChI is InChI=1S/C7H6FO/c1-5-4-6(9)2-3-7(5)8/h2-4,9H,1H2. The Bertz CT molecular complexity index is 220. The molecule has 0 saturated carbocycles. The molecule has 9 heavy (non-hydrogen) atoms. The van der Waals surface area contributed by atoms with Gasteiger partial charge in [-0.15, -0.1) is 0 Å². The molecule has 0 aromatic heterocycles. The van der Waals surface area contributed by atoms with Gasteiger partial charge in [0.2, 0.25) is 0 Å². The van der Waals surface area contributed by atoms with Gasteiger partial charge in [-0.25, -0.2) is 4.39 Å². The minimum absolute atomic E-state index is 0.0430. The maximum absolute atomic E-state index is 12.3. The van der Waals surface area contributed by atoms with Crippen LogP contribution in [-0.4, -0.2) is 5.11 Å². The van der Waals surface area contributed by atoms with E-state index in [1.165, 1.54) is 18.2 Å². The molecule has 0 saturated heterocycles. The zero-order valence-electron chi connectivity index (χ0n) is 4.76. The molecule has 1 aromatic carbocycles. The van der Waals surface area contributed by atoms with Gasteiger partial charge >= 0.3 is 0 Å². The van der Waals surface area contributed by atoms with E-state index in [9.17, 15) is 4.39 Å². The summed E-state index contributed by atoms with van der Waals surface area (Å²) in [6, 6.07) is 3.73. The van der Waals surface area contributed by atoms with Crippen molar-refractivity contribution in [1.82, 2.24) is 0 Å². The number of rotatable bonds is 0. The van der Waals surface area contributed by atoms with Crippen LogP contribution in [0.1, 0.15) is 5.56 Å². The fourth-order valence-corrected chi connectivity index (χ4v) is 0.561. The molecule has 1 radical (unpaired) electrons. The molecule has 0 atom stereocenters. The second kappa shape index (κ2) is 2.05. The molecule has 0 unspecified atom stereocenters. The molecule has 47 valence electrons. The van der Waals surface area contributed by atoms with Crippen LogP contribution in [0.3, 0.4) is 0 Å². The first-order valence-corrected chi connectivity index (χ1v) is 2.50. The Morgan fingerprint density at radius 1 is 1.44 bits per heavy atom. The number of halogens is 1. The molecule has 0 fully saturated rings. The summed E-state index contributed by atoms with van der Waals surface area (Å²) in [5.41, 5.74) is 0.218. The van der Waals surface area contributed by atoms with Gasteiger partial charge in [0.05, 0.1) is 0 Å². The second-order valence-corrected chi connectivity index (χ2v) is 1.78. The van der Waals surface area contributed by atoms with Crippen molar-refractivity contribution < 1.29 is 9.50 Å². The Morgan fingerprint density at radius 2 is 2.11 bits per heavy atom. The predicted octanol–water partition coefficient (Wildman–Crippen LogP) is 1.71. The topological polar surface area (TPSA) is 20.2 Å². The normalized spacial score (nSPS) is 9.56. The molecule has 1 aromatic rings. The van der Waals surface area contributed by atoms with E-state index in [1.54, 1.807) is 0 Å². The van der Waals surface area contributed by atoms with Crippen LogP contribution in [0, 0.1) is 12.7 Å². The van der Waals surface area contributed by atoms with Gasteiger partial charge < -0.3 is 5.11 Å². The Hall–Kier alpha value is -1.05. The fraction of sp³-hybridized carbons (Fsp3) is 0. The van der Waals surface area contributed by atoms with E-state index >= 15 is 0 Å². The van der Waals surface area contributed by atoms with E-state index in [2.05, 4.69) is 6.92 Å². The molecule has 1 N–H and O–H groups in total. The highest BCUT2D eigenvalue weighted by molar-refractivity contribution is 5.29. The lowest BCUT2D eigenvalue weighted by Gasteiger charge is -1.94. The van der Waals surface area contributed by atoms with Gasteiger partial charge in [-0.3, -0.25) is 0 Å². The molecule has 0 spiro atoms. The third-order valence-electron chi connectivity index (χ3n) is 1.03. The first-order valence-electron chi connectivity index (χ1n) is 2.50. The molecule has 1 nitrogen and oxygen atoms in total. The highest BCUT2D eigenvalue weighted by Gasteiger charge is 1.94. The van der Waals surface area contributed by atoms with Crippen molar-refractivity contribution in [3.05, 3.63) is 36.5 Å². The molecule has 0 bridgehead atoms. The first-order chi connectivity index (χ1) is 4.20. The number of benzene rings is 1. The maximum Gasteiger partial charge on any atom is 0.126 e. The molecular weight excluding hydrogens is 119 g/mol. The van der Waals surface area contributed by atoms with Crippen molar-refractivity contribution in [3.63, 3.8) is 0 Å². The Balaban J connectivity index is 3.17. The minimum atomic E-state index is -0.396. The van der Waals surface area contributed by atoms with Gasteiger partial charge in [0.25, 0.3) is 0 Å². The molecular formula is C7H6FO. The lowest BCUT2D eigenvalue weighted by atomic mass is 10.2. The van der Waals surface area contributed by atoms with Crippen molar-refractivity contribution in [3.8, 4) is 5.75 Å². The zero-order valence-corrected chi connectivity index (χ0v) is 4.76. The largest absolute Gasteiger partial charge is 0.508 e. The van der Waals surface area contributed by atoms with Crippen LogP contribution in [0.25, 0.3) is 0 Å². The van der Waals surface area contributed by atoms with Crippen LogP contribution < -0.4 is 0 Å². The van der Waals surface area contributed by atoms with Crippen LogP contribution in [0.5, 0.6) is 5.75 Å². The smallest absolute Gasteiger partial charge is 0.126 e. The van der Waals surface area contributed by atoms with Crippen LogP contribution >= 0.6 is 0 Å². The summed E-state index contributed by atoms with van der Waals surface area (Å²) in [5, 5.41) is 8.73. The van der Waals surface area contributed by atoms with Crippen LogP contribution in [0.4, 0.5) is 4.39 Å². The minimum Gasteiger partial charge on any atom is -0.508 e. The van der Waals surface area contributed by atoms with Crippen molar-refractivity contribution in [2.75, 3.05) is 0 Å². The van der Waals surface area contributed by atoms with E-state index in [1.807, 2.05) is 0 Å². The van der Waals surface area contributed by atoms with Gasteiger partial charge in [-0.05, 0) is 30.7 Å². The van der Waals surface area contributed by atoms with Crippen molar-refractivity contribution >= 4 is 0 Å². The number of aromatic hydroxyl groups is 1. The second-order valence-electron chi connectivity index (χ2n) is 1.78. The molecule has 0 aliphatic rings. The Labute approximate surface area is 52.8 Å². The molecule has 0 amide bonds. The van der Waals surface area contributed by atoms with Gasteiger partial charge in [0, 0.05) is 0 Å². The summed E-state index contributed by atoms with van der Waals surface area (Å²) in [4.78, 5) is 0. The monoisotopic (exact) mass is 125 g/mol. The summed E-state index contributed by atoms with van der Waals surface area (Å²) < 4.78 is 12.3. The molecule has 1 rings (SSSR count). The third-order valence-corrected chi connectivity index (χ3v) is 1.03. The third kappa shape index (κ3) is 1.19. The average molecular weight is 125 g/mol. The van der Waals surface area contributed by atoms with Gasteiger partial charge in [-0.2, -0.15) is 0 Å². The average Bonchev–Trinajstić information content (AvgIpc) is 1.80. The highest BCUT2D eigenvalue weighted by Crippen LogP contribution is 2.13. The molecule has 0 aliphatic carbocycles. The molecule has 2 heteroatoms. The highest BCUT2D eigenvalue weighted by atomic mass is 19.1. The summed E-state index contributed by atoms with van der Waals surface area (Å²) in [5.74, 6) is -0.353. The van der Waals surface area contributed by atoms with E-state index in [-0.39, 0.29) is 11.3 Å². The SMILES string of the molecule is [CH2]c1cc(O)ccc1F. The fourth-order valence-electron chi connectivity index (χ4n) is 0.561. The number of phenolic OH excluding ortho intramolecular Hbond substituents is 1. The van der Waals surface area contributed by atoms with Crippen LogP contribution in [-0.2, 0) is 0 Å². The lowest BCUT2D eigenvalue weighted by molar-refractivity contribution is 0.472. The molecule has 0 heterocycles. The van der Waals surface area contributed by atoms with Crippen molar-refractivity contribution in [2.24, 2.45) is 0 Å².